The highest BCUT2D eigenvalue weighted by molar-refractivity contribution is 5.92. The fourth-order valence-electron chi connectivity index (χ4n) is 9.51. The van der Waals surface area contributed by atoms with E-state index in [1.54, 1.807) is 0 Å². The first kappa shape index (κ1) is 31.8. The predicted octanol–water partition coefficient (Wildman–Crippen LogP) is 5.41. The number of rotatable bonds is 10. The lowest BCUT2D eigenvalue weighted by Gasteiger charge is -2.59. The second kappa shape index (κ2) is 12.9. The van der Waals surface area contributed by atoms with Crippen molar-refractivity contribution in [3.05, 3.63) is 40.2 Å². The quantitative estimate of drug-likeness (QED) is 0.271. The Morgan fingerprint density at radius 1 is 1.04 bits per heavy atom. The summed E-state index contributed by atoms with van der Waals surface area (Å²) in [6.07, 6.45) is 9.89. The summed E-state index contributed by atoms with van der Waals surface area (Å²) in [5.74, 6) is 2.80. The number of hydrogen-bond acceptors (Lipinski definition) is 8. The number of carbonyl (C=O) groups is 2. The summed E-state index contributed by atoms with van der Waals surface area (Å²) in [6.45, 7) is 6.78. The van der Waals surface area contributed by atoms with E-state index in [-0.39, 0.29) is 17.9 Å². The van der Waals surface area contributed by atoms with E-state index in [0.717, 1.165) is 74.0 Å². The number of likely N-dealkylation sites (N-methyl/N-ethyl adjacent to an activating group) is 1. The summed E-state index contributed by atoms with van der Waals surface area (Å²) in [5, 5.41) is 11.7. The molecule has 1 aromatic heterocycles. The number of oxime groups is 1. The Kier molecular flexibility index (Phi) is 9.10. The summed E-state index contributed by atoms with van der Waals surface area (Å²) in [4.78, 5) is 44.9. The molecule has 9 heteroatoms. The Labute approximate surface area is 266 Å². The predicted molar refractivity (Wildman–Crippen MR) is 176 cm³/mol. The van der Waals surface area contributed by atoms with Gasteiger partial charge in [0.1, 0.15) is 11.4 Å². The van der Waals surface area contributed by atoms with Crippen LogP contribution in [0.4, 0.5) is 5.69 Å². The number of anilines is 1. The molecule has 4 fully saturated rings. The highest BCUT2D eigenvalue weighted by Crippen LogP contribution is 2.65. The standard InChI is InChI=1S/C36H50N4O5/c1-35-14-11-26(41)20-24(35)5-7-28-29-9-10-32(36(29,2)15-12-30(28)35)39-44-22-33(42)38-16-13-23-19-34(43)45-31-21-25(6-8-27(23)31)37-17-18-40(3)4/h6,8,19,21,24,28-30,37H,5,7,9-18,20,22H2,1-4H3,(H,38,42)/b39-32-/t24-,28-,29-,30-,35-,36-/m0/s1. The minimum Gasteiger partial charge on any atom is -0.423 e. The SMILES string of the molecule is CN(C)CCNc1ccc2c(CCNC(=O)CO/N=C3/CC[C@H]4[C@@H]5CC[C@H]6CC(=O)CC[C@]6(C)[C@H]5CC[C@]34C)cc(=O)oc2c1. The number of ketones is 1. The van der Waals surface area contributed by atoms with Crippen LogP contribution in [0.25, 0.3) is 11.0 Å². The summed E-state index contributed by atoms with van der Waals surface area (Å²) < 4.78 is 5.47. The normalized spacial score (nSPS) is 31.8. The molecule has 1 aromatic carbocycles. The molecule has 45 heavy (non-hydrogen) atoms. The first-order chi connectivity index (χ1) is 21.6. The van der Waals surface area contributed by atoms with Crippen molar-refractivity contribution in [2.75, 3.05) is 45.7 Å². The van der Waals surface area contributed by atoms with E-state index in [1.165, 1.54) is 25.3 Å². The zero-order chi connectivity index (χ0) is 31.8. The number of hydrogen-bond donors (Lipinski definition) is 2. The Bertz CT molecular complexity index is 1520. The average Bonchev–Trinajstić information content (AvgIpc) is 3.33. The number of nitrogens with one attached hydrogen (secondary N) is 2. The van der Waals surface area contributed by atoms with E-state index in [2.05, 4.69) is 34.5 Å². The average molecular weight is 619 g/mol. The molecule has 244 valence electrons. The van der Waals surface area contributed by atoms with Crippen LogP contribution in [0.15, 0.2) is 38.6 Å². The Hall–Kier alpha value is -3.20. The van der Waals surface area contributed by atoms with Crippen molar-refractivity contribution in [2.45, 2.75) is 78.1 Å². The molecular weight excluding hydrogens is 568 g/mol. The van der Waals surface area contributed by atoms with Gasteiger partial charge in [-0.2, -0.15) is 0 Å². The van der Waals surface area contributed by atoms with Gasteiger partial charge in [-0.05, 0) is 112 Å². The van der Waals surface area contributed by atoms with Gasteiger partial charge in [0.2, 0.25) is 0 Å². The maximum Gasteiger partial charge on any atom is 0.336 e. The number of Topliss-reactive ketones (excluding diaryl/α,β-unsaturated/α-hetero) is 1. The van der Waals surface area contributed by atoms with Crippen molar-refractivity contribution in [1.29, 1.82) is 0 Å². The number of amides is 1. The lowest BCUT2D eigenvalue weighted by Crippen LogP contribution is -2.53. The topological polar surface area (TPSA) is 113 Å². The van der Waals surface area contributed by atoms with Crippen LogP contribution < -0.4 is 16.3 Å². The molecule has 4 aliphatic carbocycles. The Balaban J connectivity index is 1.01. The molecule has 0 radical (unpaired) electrons. The van der Waals surface area contributed by atoms with Crippen molar-refractivity contribution in [2.24, 2.45) is 39.7 Å². The molecule has 4 aliphatic rings. The van der Waals surface area contributed by atoms with Crippen molar-refractivity contribution >= 4 is 34.1 Å². The highest BCUT2D eigenvalue weighted by atomic mass is 16.6. The molecule has 1 heterocycles. The van der Waals surface area contributed by atoms with Crippen LogP contribution in [0.5, 0.6) is 0 Å². The number of benzene rings is 1. The van der Waals surface area contributed by atoms with E-state index in [9.17, 15) is 14.4 Å². The molecule has 9 nitrogen and oxygen atoms in total. The van der Waals surface area contributed by atoms with Gasteiger partial charge in [-0.15, -0.1) is 0 Å². The molecule has 2 N–H and O–H groups in total. The molecule has 0 bridgehead atoms. The fraction of sp³-hybridized carbons (Fsp3) is 0.667. The van der Waals surface area contributed by atoms with Gasteiger partial charge < -0.3 is 24.8 Å². The molecule has 0 aliphatic heterocycles. The van der Waals surface area contributed by atoms with Gasteiger partial charge in [-0.1, -0.05) is 19.0 Å². The van der Waals surface area contributed by atoms with E-state index in [1.807, 2.05) is 32.3 Å². The second-order valence-corrected chi connectivity index (χ2v) is 14.8. The molecular formula is C36H50N4O5. The summed E-state index contributed by atoms with van der Waals surface area (Å²) >= 11 is 0. The monoisotopic (exact) mass is 618 g/mol. The van der Waals surface area contributed by atoms with Gasteiger partial charge in [-0.3, -0.25) is 9.59 Å². The van der Waals surface area contributed by atoms with Crippen LogP contribution in [0.3, 0.4) is 0 Å². The Morgan fingerprint density at radius 3 is 2.71 bits per heavy atom. The maximum atomic E-state index is 12.7. The van der Waals surface area contributed by atoms with Crippen LogP contribution in [0.2, 0.25) is 0 Å². The third-order valence-corrected chi connectivity index (χ3v) is 12.0. The molecule has 2 aromatic rings. The number of carbonyl (C=O) groups excluding carboxylic acids is 2. The smallest absolute Gasteiger partial charge is 0.336 e. The molecule has 6 atom stereocenters. The molecule has 4 saturated carbocycles. The largest absolute Gasteiger partial charge is 0.423 e. The molecule has 0 saturated heterocycles. The summed E-state index contributed by atoms with van der Waals surface area (Å²) in [6, 6.07) is 7.29. The maximum absolute atomic E-state index is 12.7. The minimum absolute atomic E-state index is 0.0303. The number of nitrogens with zero attached hydrogens (tertiary/aromatic N) is 2. The van der Waals surface area contributed by atoms with Gasteiger partial charge in [-0.25, -0.2) is 4.79 Å². The second-order valence-electron chi connectivity index (χ2n) is 14.8. The summed E-state index contributed by atoms with van der Waals surface area (Å²) in [5.41, 5.74) is 3.31. The summed E-state index contributed by atoms with van der Waals surface area (Å²) in [7, 11) is 4.05. The molecule has 6 rings (SSSR count). The molecule has 1 amide bonds. The van der Waals surface area contributed by atoms with E-state index in [4.69, 9.17) is 9.25 Å². The number of fused-ring (bicyclic) bond motifs is 6. The third-order valence-electron chi connectivity index (χ3n) is 12.0. The third kappa shape index (κ3) is 6.42. The highest BCUT2D eigenvalue weighted by Gasteiger charge is 2.59. The van der Waals surface area contributed by atoms with Crippen molar-refractivity contribution < 1.29 is 18.8 Å². The lowest BCUT2D eigenvalue weighted by molar-refractivity contribution is -0.136. The van der Waals surface area contributed by atoms with Crippen LogP contribution in [-0.2, 0) is 20.8 Å². The first-order valence-corrected chi connectivity index (χ1v) is 17.0. The van der Waals surface area contributed by atoms with Crippen molar-refractivity contribution in [3.63, 3.8) is 0 Å². The van der Waals surface area contributed by atoms with Gasteiger partial charge in [0.25, 0.3) is 5.91 Å². The minimum atomic E-state index is -0.401. The van der Waals surface area contributed by atoms with Crippen molar-refractivity contribution in [3.8, 4) is 0 Å². The fourth-order valence-corrected chi connectivity index (χ4v) is 9.51. The van der Waals surface area contributed by atoms with Gasteiger partial charge in [0.05, 0.1) is 5.71 Å². The van der Waals surface area contributed by atoms with Gasteiger partial charge >= 0.3 is 5.63 Å². The Morgan fingerprint density at radius 2 is 1.89 bits per heavy atom. The van der Waals surface area contributed by atoms with Crippen LogP contribution in [0.1, 0.15) is 77.2 Å². The van der Waals surface area contributed by atoms with Crippen LogP contribution in [0, 0.1) is 34.5 Å². The van der Waals surface area contributed by atoms with E-state index >= 15 is 0 Å². The lowest BCUT2D eigenvalue weighted by atomic mass is 9.45. The molecule has 0 unspecified atom stereocenters. The van der Waals surface area contributed by atoms with Crippen LogP contribution >= 0.6 is 0 Å². The van der Waals surface area contributed by atoms with E-state index in [0.29, 0.717) is 53.4 Å². The first-order valence-electron chi connectivity index (χ1n) is 17.0. The van der Waals surface area contributed by atoms with Gasteiger partial charge in [0.15, 0.2) is 6.61 Å². The van der Waals surface area contributed by atoms with E-state index < -0.39 is 5.63 Å². The van der Waals surface area contributed by atoms with Crippen LogP contribution in [-0.4, -0.2) is 62.6 Å². The molecule has 0 spiro atoms. The zero-order valence-electron chi connectivity index (χ0n) is 27.5. The zero-order valence-corrected chi connectivity index (χ0v) is 27.5. The van der Waals surface area contributed by atoms with Crippen molar-refractivity contribution in [1.82, 2.24) is 10.2 Å². The van der Waals surface area contributed by atoms with Gasteiger partial charge in [0, 0.05) is 61.1 Å².